The lowest BCUT2D eigenvalue weighted by molar-refractivity contribution is 0.148. The molecule has 2 aromatic carbocycles. The summed E-state index contributed by atoms with van der Waals surface area (Å²) in [6, 6.07) is 13.7. The zero-order chi connectivity index (χ0) is 20.9. The summed E-state index contributed by atoms with van der Waals surface area (Å²) in [5, 5.41) is 3.07. The molecule has 0 bridgehead atoms. The Labute approximate surface area is 176 Å². The van der Waals surface area contributed by atoms with Crippen LogP contribution in [0.4, 0.5) is 4.79 Å². The second-order valence-corrected chi connectivity index (χ2v) is 7.52. The number of rotatable bonds is 6. The number of amides is 2. The van der Waals surface area contributed by atoms with Gasteiger partial charge in [-0.3, -0.25) is 0 Å². The Morgan fingerprint density at radius 1 is 1.17 bits per heavy atom. The zero-order valence-electron chi connectivity index (χ0n) is 17.5. The van der Waals surface area contributed by atoms with Gasteiger partial charge in [0.25, 0.3) is 0 Å². The number of methoxy groups -OCH3 is 2. The molecule has 1 aromatic heterocycles. The summed E-state index contributed by atoms with van der Waals surface area (Å²) >= 11 is 0. The number of fused-ring (bicyclic) bond motifs is 1. The molecule has 0 saturated carbocycles. The number of H-pyrrole nitrogens is 1. The number of benzene rings is 2. The van der Waals surface area contributed by atoms with Crippen molar-refractivity contribution in [3.8, 4) is 11.5 Å². The number of nitrogens with one attached hydrogen (secondary N) is 2. The van der Waals surface area contributed by atoms with Crippen LogP contribution in [0.2, 0.25) is 0 Å². The van der Waals surface area contributed by atoms with Gasteiger partial charge in [0.15, 0.2) is 11.5 Å². The van der Waals surface area contributed by atoms with Crippen molar-refractivity contribution < 1.29 is 14.3 Å². The van der Waals surface area contributed by atoms with E-state index in [2.05, 4.69) is 10.3 Å². The van der Waals surface area contributed by atoms with E-state index in [1.807, 2.05) is 47.4 Å². The maximum absolute atomic E-state index is 12.9. The molecule has 30 heavy (non-hydrogen) atoms. The van der Waals surface area contributed by atoms with Gasteiger partial charge in [-0.1, -0.05) is 18.2 Å². The van der Waals surface area contributed by atoms with E-state index in [0.717, 1.165) is 54.6 Å². The third-order valence-corrected chi connectivity index (χ3v) is 5.62. The van der Waals surface area contributed by atoms with E-state index in [0.29, 0.717) is 18.0 Å². The molecule has 3 aromatic rings. The molecule has 1 unspecified atom stereocenters. The number of urea groups is 1. The highest BCUT2D eigenvalue weighted by Crippen LogP contribution is 2.31. The Balaban J connectivity index is 1.40. The van der Waals surface area contributed by atoms with E-state index >= 15 is 0 Å². The molecular formula is C23H28N4O3. The third-order valence-electron chi connectivity index (χ3n) is 5.62. The molecule has 2 N–H and O–H groups in total. The van der Waals surface area contributed by atoms with Crippen LogP contribution in [-0.2, 0) is 6.42 Å². The van der Waals surface area contributed by atoms with E-state index in [9.17, 15) is 4.79 Å². The summed E-state index contributed by atoms with van der Waals surface area (Å²) in [4.78, 5) is 23.0. The molecule has 2 heterocycles. The van der Waals surface area contributed by atoms with Crippen LogP contribution in [0, 0.1) is 0 Å². The minimum Gasteiger partial charge on any atom is -0.493 e. The molecule has 0 radical (unpaired) electrons. The molecule has 7 heteroatoms. The average Bonchev–Trinajstić information content (AvgIpc) is 3.23. The number of carbonyl (C=O) groups excluding carboxylic acids is 1. The number of hydrogen-bond donors (Lipinski definition) is 2. The Kier molecular flexibility index (Phi) is 6.07. The molecule has 7 nitrogen and oxygen atoms in total. The highest BCUT2D eigenvalue weighted by atomic mass is 16.5. The molecule has 2 amide bonds. The number of piperidine rings is 1. The molecule has 1 aliphatic rings. The van der Waals surface area contributed by atoms with E-state index in [4.69, 9.17) is 14.5 Å². The fourth-order valence-corrected chi connectivity index (χ4v) is 4.04. The highest BCUT2D eigenvalue weighted by molar-refractivity contribution is 5.76. The van der Waals surface area contributed by atoms with Gasteiger partial charge in [-0.2, -0.15) is 0 Å². The van der Waals surface area contributed by atoms with Gasteiger partial charge in [0, 0.05) is 13.1 Å². The van der Waals surface area contributed by atoms with Crippen molar-refractivity contribution in [3.63, 3.8) is 0 Å². The highest BCUT2D eigenvalue weighted by Gasteiger charge is 2.30. The van der Waals surface area contributed by atoms with E-state index in [-0.39, 0.29) is 12.1 Å². The fourth-order valence-electron chi connectivity index (χ4n) is 4.04. The van der Waals surface area contributed by atoms with E-state index < -0.39 is 0 Å². The number of likely N-dealkylation sites (tertiary alicyclic amines) is 1. The molecule has 1 fully saturated rings. The van der Waals surface area contributed by atoms with Crippen molar-refractivity contribution >= 4 is 17.1 Å². The summed E-state index contributed by atoms with van der Waals surface area (Å²) in [6.07, 6.45) is 3.75. The number of ether oxygens (including phenoxy) is 2. The summed E-state index contributed by atoms with van der Waals surface area (Å²) in [5.41, 5.74) is 3.03. The minimum atomic E-state index is -0.0411. The monoisotopic (exact) mass is 408 g/mol. The molecule has 1 atom stereocenters. The van der Waals surface area contributed by atoms with Crippen molar-refractivity contribution in [1.29, 1.82) is 0 Å². The van der Waals surface area contributed by atoms with Crippen LogP contribution in [0.1, 0.15) is 36.7 Å². The van der Waals surface area contributed by atoms with Crippen molar-refractivity contribution in [1.82, 2.24) is 20.2 Å². The molecule has 4 rings (SSSR count). The van der Waals surface area contributed by atoms with Gasteiger partial charge in [0.2, 0.25) is 0 Å². The Morgan fingerprint density at radius 3 is 2.80 bits per heavy atom. The lowest BCUT2D eigenvalue weighted by atomic mass is 10.0. The second kappa shape index (κ2) is 9.07. The maximum atomic E-state index is 12.9. The van der Waals surface area contributed by atoms with Gasteiger partial charge in [0.05, 0.1) is 31.3 Å². The average molecular weight is 409 g/mol. The van der Waals surface area contributed by atoms with Crippen LogP contribution < -0.4 is 14.8 Å². The van der Waals surface area contributed by atoms with Crippen LogP contribution in [0.3, 0.4) is 0 Å². The summed E-state index contributed by atoms with van der Waals surface area (Å²) in [5.74, 6) is 2.26. The number of nitrogens with zero attached hydrogens (tertiary/aromatic N) is 2. The van der Waals surface area contributed by atoms with Gasteiger partial charge in [-0.15, -0.1) is 0 Å². The van der Waals surface area contributed by atoms with Crippen molar-refractivity contribution in [2.75, 3.05) is 27.3 Å². The van der Waals surface area contributed by atoms with Gasteiger partial charge < -0.3 is 24.7 Å². The van der Waals surface area contributed by atoms with Gasteiger partial charge in [0.1, 0.15) is 5.82 Å². The van der Waals surface area contributed by atoms with Crippen molar-refractivity contribution in [2.45, 2.75) is 31.7 Å². The van der Waals surface area contributed by atoms with E-state index in [1.54, 1.807) is 14.2 Å². The SMILES string of the molecule is COc1ccc(CCNC(=O)N2CCCCC2c2nc3ccccc3[nH]2)cc1OC. The molecule has 1 saturated heterocycles. The smallest absolute Gasteiger partial charge is 0.318 e. The number of imidazole rings is 1. The van der Waals surface area contributed by atoms with Crippen LogP contribution in [0.25, 0.3) is 11.0 Å². The number of carbonyl (C=O) groups is 1. The number of para-hydroxylation sites is 2. The number of aromatic nitrogens is 2. The van der Waals surface area contributed by atoms with Gasteiger partial charge >= 0.3 is 6.03 Å². The molecule has 0 spiro atoms. The normalized spacial score (nSPS) is 16.5. The third kappa shape index (κ3) is 4.20. The van der Waals surface area contributed by atoms with Crippen molar-refractivity contribution in [3.05, 3.63) is 53.9 Å². The lowest BCUT2D eigenvalue weighted by Crippen LogP contribution is -2.45. The first kappa shape index (κ1) is 20.1. The first-order chi connectivity index (χ1) is 14.7. The van der Waals surface area contributed by atoms with E-state index in [1.165, 1.54) is 0 Å². The topological polar surface area (TPSA) is 79.5 Å². The minimum absolute atomic E-state index is 0.0211. The lowest BCUT2D eigenvalue weighted by Gasteiger charge is -2.34. The van der Waals surface area contributed by atoms with Gasteiger partial charge in [-0.05, 0) is 55.5 Å². The Morgan fingerprint density at radius 2 is 2.00 bits per heavy atom. The summed E-state index contributed by atoms with van der Waals surface area (Å²) < 4.78 is 10.6. The Hall–Kier alpha value is -3.22. The molecule has 0 aliphatic carbocycles. The number of hydrogen-bond acceptors (Lipinski definition) is 4. The molecule has 158 valence electrons. The van der Waals surface area contributed by atoms with Crippen LogP contribution >= 0.6 is 0 Å². The van der Waals surface area contributed by atoms with Gasteiger partial charge in [-0.25, -0.2) is 9.78 Å². The fraction of sp³-hybridized carbons (Fsp3) is 0.391. The molecular weight excluding hydrogens is 380 g/mol. The Bertz CT molecular complexity index is 984. The quantitative estimate of drug-likeness (QED) is 0.645. The number of aromatic amines is 1. The molecule has 1 aliphatic heterocycles. The largest absolute Gasteiger partial charge is 0.493 e. The summed E-state index contributed by atoms with van der Waals surface area (Å²) in [7, 11) is 3.24. The van der Waals surface area contributed by atoms with Crippen molar-refractivity contribution in [2.24, 2.45) is 0 Å². The first-order valence-corrected chi connectivity index (χ1v) is 10.4. The predicted octanol–water partition coefficient (Wildman–Crippen LogP) is 4.06. The summed E-state index contributed by atoms with van der Waals surface area (Å²) in [6.45, 7) is 1.29. The standard InChI is InChI=1S/C23H28N4O3/c1-29-20-11-10-16(15-21(20)30-2)12-13-24-23(28)27-14-6-5-9-19(27)22-25-17-7-3-4-8-18(17)26-22/h3-4,7-8,10-11,15,19H,5-6,9,12-14H2,1-2H3,(H,24,28)(H,25,26). The second-order valence-electron chi connectivity index (χ2n) is 7.52. The van der Waals surface area contributed by atoms with Crippen LogP contribution in [0.5, 0.6) is 11.5 Å². The van der Waals surface area contributed by atoms with Crippen LogP contribution in [-0.4, -0.2) is 48.2 Å². The maximum Gasteiger partial charge on any atom is 0.318 e. The van der Waals surface area contributed by atoms with Crippen LogP contribution in [0.15, 0.2) is 42.5 Å². The first-order valence-electron chi connectivity index (χ1n) is 10.4. The zero-order valence-corrected chi connectivity index (χ0v) is 17.5. The predicted molar refractivity (Wildman–Crippen MR) is 116 cm³/mol.